The van der Waals surface area contributed by atoms with Crippen LogP contribution in [0.15, 0.2) is 40.5 Å². The average Bonchev–Trinajstić information content (AvgIpc) is 2.81. The van der Waals surface area contributed by atoms with Gasteiger partial charge in [-0.2, -0.15) is 0 Å². The molecule has 1 N–H and O–H groups in total. The van der Waals surface area contributed by atoms with E-state index >= 15 is 0 Å². The Bertz CT molecular complexity index is 555. The lowest BCUT2D eigenvalue weighted by atomic mass is 10.2. The van der Waals surface area contributed by atoms with Crippen molar-refractivity contribution in [1.29, 1.82) is 0 Å². The molecule has 2 aromatic rings. The van der Waals surface area contributed by atoms with Gasteiger partial charge in [0.05, 0.1) is 15.7 Å². The summed E-state index contributed by atoms with van der Waals surface area (Å²) >= 11 is 1.66. The van der Waals surface area contributed by atoms with E-state index in [0.29, 0.717) is 0 Å². The standard InChI is InChI=1S/C13H15N3S/c1-3-10(6-7-14-2)16-11-4-5-13-12(8-11)15-9-17-13/h4-9,16H,3H2,1-2H3/b10-6+,14-7?. The van der Waals surface area contributed by atoms with E-state index in [4.69, 9.17) is 0 Å². The van der Waals surface area contributed by atoms with Gasteiger partial charge >= 0.3 is 0 Å². The van der Waals surface area contributed by atoms with Gasteiger partial charge in [0.25, 0.3) is 0 Å². The predicted octanol–water partition coefficient (Wildman–Crippen LogP) is 3.70. The van der Waals surface area contributed by atoms with E-state index < -0.39 is 0 Å². The summed E-state index contributed by atoms with van der Waals surface area (Å²) in [4.78, 5) is 8.26. The number of hydrogen-bond acceptors (Lipinski definition) is 4. The van der Waals surface area contributed by atoms with Gasteiger partial charge in [-0.25, -0.2) is 4.98 Å². The van der Waals surface area contributed by atoms with E-state index in [2.05, 4.69) is 40.4 Å². The van der Waals surface area contributed by atoms with Crippen molar-refractivity contribution in [2.24, 2.45) is 4.99 Å². The Balaban J connectivity index is 2.21. The van der Waals surface area contributed by atoms with Crippen molar-refractivity contribution >= 4 is 33.5 Å². The first-order valence-corrected chi connectivity index (χ1v) is 6.43. The van der Waals surface area contributed by atoms with Crippen molar-refractivity contribution in [2.45, 2.75) is 13.3 Å². The van der Waals surface area contributed by atoms with Gasteiger partial charge in [0, 0.05) is 24.6 Å². The monoisotopic (exact) mass is 245 g/mol. The predicted molar refractivity (Wildman–Crippen MR) is 76.0 cm³/mol. The van der Waals surface area contributed by atoms with Crippen LogP contribution in [0.3, 0.4) is 0 Å². The number of thiazole rings is 1. The Hall–Kier alpha value is -1.68. The highest BCUT2D eigenvalue weighted by atomic mass is 32.1. The summed E-state index contributed by atoms with van der Waals surface area (Å²) in [5, 5.41) is 3.38. The van der Waals surface area contributed by atoms with Gasteiger partial charge in [0.2, 0.25) is 0 Å². The molecule has 0 saturated carbocycles. The second kappa shape index (κ2) is 5.59. The van der Waals surface area contributed by atoms with Crippen LogP contribution in [-0.4, -0.2) is 18.2 Å². The Labute approximate surface area is 105 Å². The molecule has 2 rings (SSSR count). The topological polar surface area (TPSA) is 37.3 Å². The Morgan fingerprint density at radius 2 is 2.41 bits per heavy atom. The highest BCUT2D eigenvalue weighted by Gasteiger charge is 1.99. The van der Waals surface area contributed by atoms with Crippen molar-refractivity contribution in [3.63, 3.8) is 0 Å². The number of fused-ring (bicyclic) bond motifs is 1. The normalized spacial score (nSPS) is 12.5. The molecule has 0 aliphatic carbocycles. The van der Waals surface area contributed by atoms with E-state index in [-0.39, 0.29) is 0 Å². The number of allylic oxidation sites excluding steroid dienone is 2. The van der Waals surface area contributed by atoms with Crippen LogP contribution in [0.5, 0.6) is 0 Å². The molecule has 0 radical (unpaired) electrons. The molecule has 0 aliphatic rings. The maximum Gasteiger partial charge on any atom is 0.0832 e. The third-order valence-electron chi connectivity index (χ3n) is 2.44. The SMILES string of the molecule is CC/C(=C\C=NC)Nc1ccc2scnc2c1. The van der Waals surface area contributed by atoms with Gasteiger partial charge < -0.3 is 5.32 Å². The molecule has 1 aromatic heterocycles. The molecule has 1 heterocycles. The molecule has 3 nitrogen and oxygen atoms in total. The lowest BCUT2D eigenvalue weighted by Crippen LogP contribution is -1.98. The van der Waals surface area contributed by atoms with Gasteiger partial charge in [0.15, 0.2) is 0 Å². The van der Waals surface area contributed by atoms with Crippen molar-refractivity contribution < 1.29 is 0 Å². The lowest BCUT2D eigenvalue weighted by Gasteiger charge is -2.08. The van der Waals surface area contributed by atoms with Crippen molar-refractivity contribution in [3.05, 3.63) is 35.5 Å². The molecule has 4 heteroatoms. The molecule has 17 heavy (non-hydrogen) atoms. The van der Waals surface area contributed by atoms with Crippen LogP contribution in [-0.2, 0) is 0 Å². The second-order valence-corrected chi connectivity index (χ2v) is 4.50. The number of anilines is 1. The van der Waals surface area contributed by atoms with Gasteiger partial charge in [-0.05, 0) is 30.7 Å². The number of nitrogens with one attached hydrogen (secondary N) is 1. The summed E-state index contributed by atoms with van der Waals surface area (Å²) in [5.74, 6) is 0. The first-order chi connectivity index (χ1) is 8.33. The maximum absolute atomic E-state index is 4.31. The van der Waals surface area contributed by atoms with E-state index in [0.717, 1.165) is 23.3 Å². The molecule has 0 fully saturated rings. The van der Waals surface area contributed by atoms with E-state index in [1.54, 1.807) is 24.6 Å². The Morgan fingerprint density at radius 1 is 1.53 bits per heavy atom. The summed E-state index contributed by atoms with van der Waals surface area (Å²) in [6.07, 6.45) is 4.74. The number of benzene rings is 1. The maximum atomic E-state index is 4.31. The third-order valence-corrected chi connectivity index (χ3v) is 3.25. The van der Waals surface area contributed by atoms with Crippen LogP contribution in [0.1, 0.15) is 13.3 Å². The minimum atomic E-state index is 0.946. The zero-order valence-electron chi connectivity index (χ0n) is 9.97. The van der Waals surface area contributed by atoms with Gasteiger partial charge in [-0.1, -0.05) is 6.92 Å². The zero-order valence-corrected chi connectivity index (χ0v) is 10.8. The summed E-state index contributed by atoms with van der Waals surface area (Å²) in [6.45, 7) is 2.11. The molecule has 0 spiro atoms. The second-order valence-electron chi connectivity index (χ2n) is 3.61. The quantitative estimate of drug-likeness (QED) is 0.834. The number of rotatable bonds is 4. The Kier molecular flexibility index (Phi) is 3.88. The number of aromatic nitrogens is 1. The summed E-state index contributed by atoms with van der Waals surface area (Å²) in [5.41, 5.74) is 5.13. The molecule has 88 valence electrons. The molecular formula is C13H15N3S. The number of hydrogen-bond donors (Lipinski definition) is 1. The molecule has 0 aliphatic heterocycles. The van der Waals surface area contributed by atoms with Crippen molar-refractivity contribution in [1.82, 2.24) is 4.98 Å². The first kappa shape index (κ1) is 11.8. The first-order valence-electron chi connectivity index (χ1n) is 5.55. The van der Waals surface area contributed by atoms with E-state index in [1.807, 2.05) is 11.6 Å². The molecule has 0 bridgehead atoms. The average molecular weight is 245 g/mol. The molecule has 0 unspecified atom stereocenters. The van der Waals surface area contributed by atoms with Crippen LogP contribution in [0.25, 0.3) is 10.2 Å². The smallest absolute Gasteiger partial charge is 0.0832 e. The highest BCUT2D eigenvalue weighted by molar-refractivity contribution is 7.16. The van der Waals surface area contributed by atoms with Gasteiger partial charge in [0.1, 0.15) is 0 Å². The van der Waals surface area contributed by atoms with Crippen LogP contribution in [0, 0.1) is 0 Å². The molecule has 0 saturated heterocycles. The number of nitrogens with zero attached hydrogens (tertiary/aromatic N) is 2. The lowest BCUT2D eigenvalue weighted by molar-refractivity contribution is 1.11. The van der Waals surface area contributed by atoms with Crippen LogP contribution in [0.2, 0.25) is 0 Å². The van der Waals surface area contributed by atoms with Crippen LogP contribution < -0.4 is 5.32 Å². The minimum absolute atomic E-state index is 0.946. The zero-order chi connectivity index (χ0) is 12.1. The summed E-state index contributed by atoms with van der Waals surface area (Å²) in [7, 11) is 1.77. The van der Waals surface area contributed by atoms with Gasteiger partial charge in [-0.15, -0.1) is 11.3 Å². The fourth-order valence-electron chi connectivity index (χ4n) is 1.53. The third kappa shape index (κ3) is 2.91. The number of aliphatic imine (C=N–C) groups is 1. The van der Waals surface area contributed by atoms with Crippen molar-refractivity contribution in [2.75, 3.05) is 12.4 Å². The van der Waals surface area contributed by atoms with E-state index in [1.165, 1.54) is 4.70 Å². The van der Waals surface area contributed by atoms with E-state index in [9.17, 15) is 0 Å². The fraction of sp³-hybridized carbons (Fsp3) is 0.231. The van der Waals surface area contributed by atoms with Gasteiger partial charge in [-0.3, -0.25) is 4.99 Å². The summed E-state index contributed by atoms with van der Waals surface area (Å²) in [6, 6.07) is 6.24. The molecule has 0 amide bonds. The molecule has 0 atom stereocenters. The van der Waals surface area contributed by atoms with Crippen LogP contribution >= 0.6 is 11.3 Å². The largest absolute Gasteiger partial charge is 0.359 e. The van der Waals surface area contributed by atoms with Crippen molar-refractivity contribution in [3.8, 4) is 0 Å². The minimum Gasteiger partial charge on any atom is -0.359 e. The summed E-state index contributed by atoms with van der Waals surface area (Å²) < 4.78 is 1.22. The Morgan fingerprint density at radius 3 is 3.18 bits per heavy atom. The fourth-order valence-corrected chi connectivity index (χ4v) is 2.19. The molecular weight excluding hydrogens is 230 g/mol. The molecule has 1 aromatic carbocycles. The highest BCUT2D eigenvalue weighted by Crippen LogP contribution is 2.22. The van der Waals surface area contributed by atoms with Crippen LogP contribution in [0.4, 0.5) is 5.69 Å².